The Labute approximate surface area is 241 Å². The number of piperazine rings is 1. The lowest BCUT2D eigenvalue weighted by Gasteiger charge is -2.55. The molecule has 1 unspecified atom stereocenters. The van der Waals surface area contributed by atoms with Gasteiger partial charge >= 0.3 is 12.2 Å². The number of rotatable bonds is 9. The van der Waals surface area contributed by atoms with Gasteiger partial charge in [-0.1, -0.05) is 55.3 Å². The first-order valence-electron chi connectivity index (χ1n) is 13.3. The minimum atomic E-state index is -4.53. The monoisotopic (exact) mass is 587 g/mol. The fourth-order valence-corrected chi connectivity index (χ4v) is 5.80. The first kappa shape index (κ1) is 30.3. The van der Waals surface area contributed by atoms with E-state index in [1.807, 2.05) is 37.3 Å². The Morgan fingerprint density at radius 2 is 1.85 bits per heavy atom. The fourth-order valence-electron chi connectivity index (χ4n) is 5.12. The Bertz CT molecular complexity index is 1290. The van der Waals surface area contributed by atoms with Gasteiger partial charge in [0.05, 0.1) is 25.2 Å². The summed E-state index contributed by atoms with van der Waals surface area (Å²) in [5.74, 6) is 3.20. The van der Waals surface area contributed by atoms with E-state index in [1.54, 1.807) is 11.8 Å². The summed E-state index contributed by atoms with van der Waals surface area (Å²) >= 11 is 1.61. The Morgan fingerprint density at radius 1 is 1.12 bits per heavy atom. The third-order valence-corrected chi connectivity index (χ3v) is 7.90. The average Bonchev–Trinajstić information content (AvgIpc) is 2.94. The molecule has 8 nitrogen and oxygen atoms in total. The topological polar surface area (TPSA) is 76.2 Å². The SMILES string of the molecule is C#CCN1CC(=O)N2C(CN(Cc3cccc(C(F)(F)F)c3)C(=O)[C@@H]2CCSCC)N1C(=O)NCc1ccccc1. The zero-order chi connectivity index (χ0) is 29.6. The van der Waals surface area contributed by atoms with E-state index in [1.165, 1.54) is 32.0 Å². The lowest BCUT2D eigenvalue weighted by atomic mass is 10.0. The molecule has 1 N–H and O–H groups in total. The number of hydrogen-bond donors (Lipinski definition) is 1. The normalized spacial score (nSPS) is 19.6. The van der Waals surface area contributed by atoms with Gasteiger partial charge in [0, 0.05) is 13.1 Å². The number of halogens is 3. The molecule has 218 valence electrons. The zero-order valence-electron chi connectivity index (χ0n) is 22.6. The molecule has 2 fully saturated rings. The van der Waals surface area contributed by atoms with Crippen molar-refractivity contribution in [2.45, 2.75) is 44.8 Å². The number of nitrogens with one attached hydrogen (secondary N) is 1. The van der Waals surface area contributed by atoms with Gasteiger partial charge in [0.15, 0.2) is 0 Å². The number of urea groups is 1. The van der Waals surface area contributed by atoms with Gasteiger partial charge < -0.3 is 15.1 Å². The highest BCUT2D eigenvalue weighted by atomic mass is 32.2. The Morgan fingerprint density at radius 3 is 2.54 bits per heavy atom. The average molecular weight is 588 g/mol. The number of amides is 4. The van der Waals surface area contributed by atoms with Crippen molar-refractivity contribution < 1.29 is 27.6 Å². The number of nitrogens with zero attached hydrogens (tertiary/aromatic N) is 4. The quantitative estimate of drug-likeness (QED) is 0.357. The van der Waals surface area contributed by atoms with Gasteiger partial charge in [-0.15, -0.1) is 6.42 Å². The van der Waals surface area contributed by atoms with Gasteiger partial charge in [-0.2, -0.15) is 29.9 Å². The first-order chi connectivity index (χ1) is 19.6. The third kappa shape index (κ3) is 7.15. The number of hydrazine groups is 1. The highest BCUT2D eigenvalue weighted by Gasteiger charge is 2.51. The lowest BCUT2D eigenvalue weighted by molar-refractivity contribution is -0.189. The van der Waals surface area contributed by atoms with Crippen LogP contribution in [0, 0.1) is 12.3 Å². The van der Waals surface area contributed by atoms with Gasteiger partial charge in [-0.3, -0.25) is 9.59 Å². The Kier molecular flexibility index (Phi) is 9.83. The molecule has 0 spiro atoms. The van der Waals surface area contributed by atoms with Crippen LogP contribution in [0.2, 0.25) is 0 Å². The van der Waals surface area contributed by atoms with Crippen LogP contribution in [0.3, 0.4) is 0 Å². The largest absolute Gasteiger partial charge is 0.416 e. The molecule has 2 saturated heterocycles. The molecule has 0 bridgehead atoms. The summed E-state index contributed by atoms with van der Waals surface area (Å²) in [4.78, 5) is 43.7. The van der Waals surface area contributed by atoms with E-state index in [9.17, 15) is 27.6 Å². The Hall–Kier alpha value is -3.69. The van der Waals surface area contributed by atoms with Crippen molar-refractivity contribution in [1.82, 2.24) is 25.1 Å². The van der Waals surface area contributed by atoms with E-state index in [-0.39, 0.29) is 44.5 Å². The number of carbonyl (C=O) groups is 3. The maximum absolute atomic E-state index is 13.7. The van der Waals surface area contributed by atoms with Gasteiger partial charge in [0.1, 0.15) is 12.2 Å². The van der Waals surface area contributed by atoms with Crippen molar-refractivity contribution in [2.24, 2.45) is 0 Å². The van der Waals surface area contributed by atoms with Crippen molar-refractivity contribution in [3.05, 3.63) is 71.3 Å². The third-order valence-electron chi connectivity index (χ3n) is 6.97. The summed E-state index contributed by atoms with van der Waals surface area (Å²) in [5, 5.41) is 5.73. The molecule has 4 amide bonds. The van der Waals surface area contributed by atoms with Crippen LogP contribution in [0.4, 0.5) is 18.0 Å². The van der Waals surface area contributed by atoms with Gasteiger partial charge in [0.25, 0.3) is 0 Å². The summed E-state index contributed by atoms with van der Waals surface area (Å²) in [6.07, 6.45) is 0.497. The molecule has 2 aliphatic rings. The van der Waals surface area contributed by atoms with E-state index in [2.05, 4.69) is 11.2 Å². The molecule has 12 heteroatoms. The number of terminal acetylenes is 1. The van der Waals surface area contributed by atoms with Crippen LogP contribution in [0.15, 0.2) is 54.6 Å². The first-order valence-corrected chi connectivity index (χ1v) is 14.4. The molecule has 0 saturated carbocycles. The molecule has 2 aliphatic heterocycles. The second-order valence-corrected chi connectivity index (χ2v) is 11.1. The van der Waals surface area contributed by atoms with Crippen LogP contribution in [0.5, 0.6) is 0 Å². The van der Waals surface area contributed by atoms with Crippen molar-refractivity contribution >= 4 is 29.6 Å². The molecule has 41 heavy (non-hydrogen) atoms. The number of benzene rings is 2. The van der Waals surface area contributed by atoms with Crippen molar-refractivity contribution in [2.75, 3.05) is 31.1 Å². The molecule has 0 radical (unpaired) electrons. The number of thioether (sulfide) groups is 1. The standard InChI is InChI=1S/C29H32F3N5O3S/c1-3-14-35-20-26(38)36-24(13-15-41-4-2)27(39)34(18-22-11-8-12-23(16-22)29(30,31)32)19-25(36)37(35)28(40)33-17-21-9-6-5-7-10-21/h1,5-12,16,24-25H,4,13-15,17-20H2,2H3,(H,33,40)/t24-,25?/m0/s1. The van der Waals surface area contributed by atoms with Gasteiger partial charge in [0.2, 0.25) is 11.8 Å². The summed E-state index contributed by atoms with van der Waals surface area (Å²) in [5.41, 5.74) is 0.353. The van der Waals surface area contributed by atoms with E-state index in [0.29, 0.717) is 17.7 Å². The second kappa shape index (κ2) is 13.3. The van der Waals surface area contributed by atoms with E-state index >= 15 is 0 Å². The lowest BCUT2D eigenvalue weighted by Crippen LogP contribution is -2.76. The fraction of sp³-hybridized carbons (Fsp3) is 0.414. The maximum Gasteiger partial charge on any atom is 0.416 e. The predicted molar refractivity (Wildman–Crippen MR) is 150 cm³/mol. The van der Waals surface area contributed by atoms with Crippen molar-refractivity contribution in [3.8, 4) is 12.3 Å². The maximum atomic E-state index is 13.7. The molecular formula is C29H32F3N5O3S. The molecule has 0 aliphatic carbocycles. The molecule has 2 heterocycles. The molecule has 2 aromatic rings. The van der Waals surface area contributed by atoms with Gasteiger partial charge in [-0.05, 0) is 41.2 Å². The smallest absolute Gasteiger partial charge is 0.333 e. The highest BCUT2D eigenvalue weighted by molar-refractivity contribution is 7.99. The van der Waals surface area contributed by atoms with Crippen LogP contribution in [0.1, 0.15) is 30.0 Å². The van der Waals surface area contributed by atoms with Crippen LogP contribution < -0.4 is 5.32 Å². The van der Waals surface area contributed by atoms with Gasteiger partial charge in [-0.25, -0.2) is 9.80 Å². The van der Waals surface area contributed by atoms with E-state index < -0.39 is 30.0 Å². The predicted octanol–water partition coefficient (Wildman–Crippen LogP) is 3.79. The summed E-state index contributed by atoms with van der Waals surface area (Å²) in [7, 11) is 0. The van der Waals surface area contributed by atoms with Crippen LogP contribution in [-0.4, -0.2) is 81.0 Å². The summed E-state index contributed by atoms with van der Waals surface area (Å²) in [6, 6.07) is 12.7. The minimum Gasteiger partial charge on any atom is -0.333 e. The molecular weight excluding hydrogens is 555 g/mol. The number of carbonyl (C=O) groups excluding carboxylic acids is 3. The van der Waals surface area contributed by atoms with Crippen LogP contribution in [0.25, 0.3) is 0 Å². The number of fused-ring (bicyclic) bond motifs is 1. The molecule has 0 aromatic heterocycles. The summed E-state index contributed by atoms with van der Waals surface area (Å²) < 4.78 is 40.1. The molecule has 2 atom stereocenters. The van der Waals surface area contributed by atoms with E-state index in [4.69, 9.17) is 6.42 Å². The number of hydrogen-bond acceptors (Lipinski definition) is 5. The minimum absolute atomic E-state index is 0.0211. The molecule has 2 aromatic carbocycles. The van der Waals surface area contributed by atoms with Crippen LogP contribution >= 0.6 is 11.8 Å². The zero-order valence-corrected chi connectivity index (χ0v) is 23.5. The highest BCUT2D eigenvalue weighted by Crippen LogP contribution is 2.32. The van der Waals surface area contributed by atoms with Crippen molar-refractivity contribution in [1.29, 1.82) is 0 Å². The van der Waals surface area contributed by atoms with E-state index in [0.717, 1.165) is 23.4 Å². The van der Waals surface area contributed by atoms with Crippen LogP contribution in [-0.2, 0) is 28.9 Å². The van der Waals surface area contributed by atoms with Crippen molar-refractivity contribution in [3.63, 3.8) is 0 Å². The summed E-state index contributed by atoms with van der Waals surface area (Å²) in [6.45, 7) is 1.82. The molecule has 4 rings (SSSR count). The second-order valence-electron chi connectivity index (χ2n) is 9.72. The number of alkyl halides is 3. The Balaban J connectivity index is 1.66.